The third kappa shape index (κ3) is 4.45. The molecule has 0 saturated heterocycles. The number of sulfone groups is 1. The summed E-state index contributed by atoms with van der Waals surface area (Å²) in [6.45, 7) is 0.342. The fourth-order valence-electron chi connectivity index (χ4n) is 2.49. The van der Waals surface area contributed by atoms with Crippen LogP contribution in [0.4, 0.5) is 16.2 Å². The van der Waals surface area contributed by atoms with E-state index in [2.05, 4.69) is 10.6 Å². The van der Waals surface area contributed by atoms with Gasteiger partial charge in [-0.2, -0.15) is 0 Å². The Labute approximate surface area is 158 Å². The van der Waals surface area contributed by atoms with Crippen LogP contribution in [0, 0.1) is 0 Å². The summed E-state index contributed by atoms with van der Waals surface area (Å²) in [6, 6.07) is 21.3. The van der Waals surface area contributed by atoms with Crippen molar-refractivity contribution < 1.29 is 13.2 Å². The Morgan fingerprint density at radius 3 is 2.15 bits per heavy atom. The van der Waals surface area contributed by atoms with Crippen molar-refractivity contribution in [2.45, 2.75) is 16.3 Å². The van der Waals surface area contributed by atoms with E-state index in [1.54, 1.807) is 18.2 Å². The van der Waals surface area contributed by atoms with Crippen molar-refractivity contribution in [1.82, 2.24) is 5.32 Å². The van der Waals surface area contributed by atoms with Crippen LogP contribution in [0.3, 0.4) is 0 Å². The summed E-state index contributed by atoms with van der Waals surface area (Å²) in [5.41, 5.74) is 7.34. The number of nitrogen functional groups attached to an aromatic ring is 1. The molecule has 138 valence electrons. The Bertz CT molecular complexity index is 1040. The maximum absolute atomic E-state index is 12.7. The van der Waals surface area contributed by atoms with Gasteiger partial charge in [-0.3, -0.25) is 0 Å². The number of nitrogens with two attached hydrogens (primary N) is 1. The van der Waals surface area contributed by atoms with E-state index in [9.17, 15) is 13.2 Å². The number of hydrogen-bond acceptors (Lipinski definition) is 4. The number of nitrogens with one attached hydrogen (secondary N) is 2. The zero-order chi connectivity index (χ0) is 19.3. The summed E-state index contributed by atoms with van der Waals surface area (Å²) >= 11 is 0. The highest BCUT2D eigenvalue weighted by Crippen LogP contribution is 2.27. The number of urea groups is 1. The summed E-state index contributed by atoms with van der Waals surface area (Å²) in [5, 5.41) is 5.31. The minimum atomic E-state index is -3.70. The van der Waals surface area contributed by atoms with Gasteiger partial charge in [-0.15, -0.1) is 0 Å². The zero-order valence-electron chi connectivity index (χ0n) is 14.4. The maximum atomic E-state index is 12.7. The molecule has 0 saturated carbocycles. The molecule has 0 unspecified atom stereocenters. The number of carbonyl (C=O) groups excluding carboxylic acids is 1. The Balaban J connectivity index is 1.76. The first-order valence-corrected chi connectivity index (χ1v) is 9.73. The van der Waals surface area contributed by atoms with Crippen molar-refractivity contribution in [2.75, 3.05) is 11.1 Å². The summed E-state index contributed by atoms with van der Waals surface area (Å²) in [5.74, 6) is 0. The molecule has 0 aliphatic carbocycles. The minimum Gasteiger partial charge on any atom is -0.397 e. The second kappa shape index (κ2) is 7.92. The topological polar surface area (TPSA) is 101 Å². The van der Waals surface area contributed by atoms with Gasteiger partial charge in [0.2, 0.25) is 9.84 Å². The van der Waals surface area contributed by atoms with Gasteiger partial charge < -0.3 is 16.4 Å². The standard InChI is InChI=1S/C20H19N3O3S/c21-18-12-11-17(27(25,26)16-9-5-2-6-10-16)13-19(18)23-20(24)22-14-15-7-3-1-4-8-15/h1-13H,14,21H2,(H2,22,23,24). The van der Waals surface area contributed by atoms with Crippen LogP contribution in [-0.4, -0.2) is 14.4 Å². The predicted octanol–water partition coefficient (Wildman–Crippen LogP) is 3.42. The van der Waals surface area contributed by atoms with E-state index < -0.39 is 15.9 Å². The Hall–Kier alpha value is -3.32. The van der Waals surface area contributed by atoms with Crippen LogP contribution in [-0.2, 0) is 16.4 Å². The molecular formula is C20H19N3O3S. The van der Waals surface area contributed by atoms with Crippen LogP contribution in [0.15, 0.2) is 88.7 Å². The average Bonchev–Trinajstić information content (AvgIpc) is 2.69. The van der Waals surface area contributed by atoms with Crippen molar-refractivity contribution >= 4 is 27.2 Å². The fourth-order valence-corrected chi connectivity index (χ4v) is 3.80. The van der Waals surface area contributed by atoms with Crippen molar-refractivity contribution in [3.63, 3.8) is 0 Å². The first kappa shape index (κ1) is 18.5. The third-order valence-electron chi connectivity index (χ3n) is 3.93. The van der Waals surface area contributed by atoms with E-state index in [4.69, 9.17) is 5.73 Å². The van der Waals surface area contributed by atoms with Gasteiger partial charge in [-0.25, -0.2) is 13.2 Å². The smallest absolute Gasteiger partial charge is 0.319 e. The van der Waals surface area contributed by atoms with Crippen LogP contribution in [0.25, 0.3) is 0 Å². The first-order chi connectivity index (χ1) is 13.0. The average molecular weight is 381 g/mol. The van der Waals surface area contributed by atoms with E-state index in [1.807, 2.05) is 30.3 Å². The molecule has 3 rings (SSSR count). The second-order valence-electron chi connectivity index (χ2n) is 5.86. The van der Waals surface area contributed by atoms with Crippen LogP contribution in [0.5, 0.6) is 0 Å². The van der Waals surface area contributed by atoms with Gasteiger partial charge in [0.25, 0.3) is 0 Å². The summed E-state index contributed by atoms with van der Waals surface area (Å²) in [6.07, 6.45) is 0. The lowest BCUT2D eigenvalue weighted by Gasteiger charge is -2.12. The number of amides is 2. The highest BCUT2D eigenvalue weighted by Gasteiger charge is 2.19. The molecular weight excluding hydrogens is 362 g/mol. The van der Waals surface area contributed by atoms with Gasteiger partial charge in [0.05, 0.1) is 21.2 Å². The summed E-state index contributed by atoms with van der Waals surface area (Å²) in [4.78, 5) is 12.4. The summed E-state index contributed by atoms with van der Waals surface area (Å²) in [7, 11) is -3.70. The number of hydrogen-bond donors (Lipinski definition) is 3. The molecule has 7 heteroatoms. The maximum Gasteiger partial charge on any atom is 0.319 e. The lowest BCUT2D eigenvalue weighted by atomic mass is 10.2. The highest BCUT2D eigenvalue weighted by molar-refractivity contribution is 7.91. The van der Waals surface area contributed by atoms with Crippen LogP contribution in [0.1, 0.15) is 5.56 Å². The van der Waals surface area contributed by atoms with Gasteiger partial charge in [0, 0.05) is 6.54 Å². The summed E-state index contributed by atoms with van der Waals surface area (Å²) < 4.78 is 25.4. The SMILES string of the molecule is Nc1ccc(S(=O)(=O)c2ccccc2)cc1NC(=O)NCc1ccccc1. The largest absolute Gasteiger partial charge is 0.397 e. The Kier molecular flexibility index (Phi) is 5.42. The highest BCUT2D eigenvalue weighted by atomic mass is 32.2. The molecule has 4 N–H and O–H groups in total. The van der Waals surface area contributed by atoms with E-state index in [-0.39, 0.29) is 21.2 Å². The molecule has 27 heavy (non-hydrogen) atoms. The molecule has 3 aromatic carbocycles. The molecule has 0 atom stereocenters. The van der Waals surface area contributed by atoms with Gasteiger partial charge in [-0.1, -0.05) is 48.5 Å². The molecule has 3 aromatic rings. The minimum absolute atomic E-state index is 0.0567. The molecule has 0 aliphatic rings. The molecule has 0 aliphatic heterocycles. The van der Waals surface area contributed by atoms with Gasteiger partial charge >= 0.3 is 6.03 Å². The number of benzene rings is 3. The van der Waals surface area contributed by atoms with Gasteiger partial charge in [0.15, 0.2) is 0 Å². The monoisotopic (exact) mass is 381 g/mol. The molecule has 2 amide bonds. The number of anilines is 2. The normalized spacial score (nSPS) is 11.0. The van der Waals surface area contributed by atoms with Crippen molar-refractivity contribution in [3.8, 4) is 0 Å². The lowest BCUT2D eigenvalue weighted by molar-refractivity contribution is 0.251. The van der Waals surface area contributed by atoms with E-state index in [0.717, 1.165) is 5.56 Å². The molecule has 0 fully saturated rings. The third-order valence-corrected chi connectivity index (χ3v) is 5.70. The number of rotatable bonds is 5. The molecule has 0 radical (unpaired) electrons. The van der Waals surface area contributed by atoms with Crippen LogP contribution >= 0.6 is 0 Å². The molecule has 0 spiro atoms. The Morgan fingerprint density at radius 2 is 1.48 bits per heavy atom. The van der Waals surface area contributed by atoms with Gasteiger partial charge in [-0.05, 0) is 35.9 Å². The zero-order valence-corrected chi connectivity index (χ0v) is 15.2. The fraction of sp³-hybridized carbons (Fsp3) is 0.0500. The van der Waals surface area contributed by atoms with Crippen LogP contribution in [0.2, 0.25) is 0 Å². The van der Waals surface area contributed by atoms with Crippen molar-refractivity contribution in [2.24, 2.45) is 0 Å². The van der Waals surface area contributed by atoms with Crippen LogP contribution < -0.4 is 16.4 Å². The Morgan fingerprint density at radius 1 is 0.852 bits per heavy atom. The molecule has 6 nitrogen and oxygen atoms in total. The lowest BCUT2D eigenvalue weighted by Crippen LogP contribution is -2.28. The molecule has 0 aromatic heterocycles. The van der Waals surface area contributed by atoms with Gasteiger partial charge in [0.1, 0.15) is 0 Å². The molecule has 0 bridgehead atoms. The molecule has 0 heterocycles. The number of carbonyl (C=O) groups is 1. The van der Waals surface area contributed by atoms with Crippen molar-refractivity contribution in [1.29, 1.82) is 0 Å². The first-order valence-electron chi connectivity index (χ1n) is 8.25. The quantitative estimate of drug-likeness (QED) is 0.589. The van der Waals surface area contributed by atoms with E-state index in [1.165, 1.54) is 30.3 Å². The second-order valence-corrected chi connectivity index (χ2v) is 7.81. The van der Waals surface area contributed by atoms with E-state index in [0.29, 0.717) is 6.54 Å². The van der Waals surface area contributed by atoms with Crippen molar-refractivity contribution in [3.05, 3.63) is 84.4 Å². The van der Waals surface area contributed by atoms with E-state index >= 15 is 0 Å². The predicted molar refractivity (Wildman–Crippen MR) is 105 cm³/mol.